The van der Waals surface area contributed by atoms with Crippen molar-refractivity contribution in [2.45, 2.75) is 26.9 Å². The van der Waals surface area contributed by atoms with Gasteiger partial charge in [0, 0.05) is 11.1 Å². The summed E-state index contributed by atoms with van der Waals surface area (Å²) in [5, 5.41) is 9.97. The average molecular weight is 349 g/mol. The molecule has 1 amide bonds. The highest BCUT2D eigenvalue weighted by Crippen LogP contribution is 2.25. The van der Waals surface area contributed by atoms with Crippen molar-refractivity contribution in [3.8, 4) is 0 Å². The lowest BCUT2D eigenvalue weighted by Gasteiger charge is -2.12. The lowest BCUT2D eigenvalue weighted by atomic mass is 9.99. The number of rotatable bonds is 4. The van der Waals surface area contributed by atoms with Crippen LogP contribution in [0.1, 0.15) is 31.9 Å². The summed E-state index contributed by atoms with van der Waals surface area (Å²) in [7, 11) is 0. The number of carbonyl (C=O) groups is 2. The molecule has 0 radical (unpaired) electrons. The Hall–Kier alpha value is -2.47. The number of aliphatic hydroxyl groups is 1. The van der Waals surface area contributed by atoms with Crippen LogP contribution in [0.25, 0.3) is 0 Å². The second-order valence-electron chi connectivity index (χ2n) is 5.38. The standard InChI is InChI=1S/C17H17ClN2O4/c1-9(2)24-17(23)14(10(3)21)15-11-6-4-5-7-12(11)16(20-15)19-13(22)8-18/h4-7,9,21H,8H2,1-3H3. The van der Waals surface area contributed by atoms with Crippen molar-refractivity contribution in [1.29, 1.82) is 0 Å². The van der Waals surface area contributed by atoms with Gasteiger partial charge in [0.25, 0.3) is 5.91 Å². The quantitative estimate of drug-likeness (QED) is 0.392. The normalized spacial score (nSPS) is 15.9. The van der Waals surface area contributed by atoms with E-state index >= 15 is 0 Å². The summed E-state index contributed by atoms with van der Waals surface area (Å²) >= 11 is 5.49. The van der Waals surface area contributed by atoms with E-state index in [4.69, 9.17) is 16.3 Å². The summed E-state index contributed by atoms with van der Waals surface area (Å²) < 4.78 is 5.17. The maximum Gasteiger partial charge on any atom is 0.344 e. The van der Waals surface area contributed by atoms with Crippen molar-refractivity contribution < 1.29 is 19.4 Å². The van der Waals surface area contributed by atoms with Gasteiger partial charge in [0.15, 0.2) is 5.84 Å². The molecule has 1 aromatic carbocycles. The molecule has 0 saturated carbocycles. The Bertz CT molecular complexity index is 775. The Morgan fingerprint density at radius 2 is 1.92 bits per heavy atom. The second-order valence-corrected chi connectivity index (χ2v) is 5.65. The van der Waals surface area contributed by atoms with Crippen LogP contribution in [-0.2, 0) is 14.3 Å². The minimum atomic E-state index is -0.691. The number of nitrogens with zero attached hydrogens (tertiary/aromatic N) is 2. The number of aliphatic hydroxyl groups excluding tert-OH is 1. The Morgan fingerprint density at radius 3 is 2.46 bits per heavy atom. The molecule has 1 heterocycles. The van der Waals surface area contributed by atoms with E-state index in [2.05, 4.69) is 9.98 Å². The van der Waals surface area contributed by atoms with Gasteiger partial charge in [0.05, 0.1) is 11.8 Å². The first-order valence-electron chi connectivity index (χ1n) is 7.32. The Morgan fingerprint density at radius 1 is 1.29 bits per heavy atom. The smallest absolute Gasteiger partial charge is 0.344 e. The minimum absolute atomic E-state index is 0.0559. The zero-order chi connectivity index (χ0) is 17.9. The van der Waals surface area contributed by atoms with Crippen LogP contribution in [0.15, 0.2) is 45.6 Å². The van der Waals surface area contributed by atoms with Gasteiger partial charge >= 0.3 is 5.97 Å². The number of carbonyl (C=O) groups excluding carboxylic acids is 2. The van der Waals surface area contributed by atoms with Crippen molar-refractivity contribution in [2.75, 3.05) is 5.88 Å². The predicted octanol–water partition coefficient (Wildman–Crippen LogP) is 2.78. The van der Waals surface area contributed by atoms with Crippen LogP contribution < -0.4 is 0 Å². The number of aliphatic imine (C=N–C) groups is 2. The largest absolute Gasteiger partial charge is 0.512 e. The van der Waals surface area contributed by atoms with Crippen molar-refractivity contribution in [1.82, 2.24) is 0 Å². The molecule has 0 atom stereocenters. The molecule has 1 N–H and O–H groups in total. The van der Waals surface area contributed by atoms with Gasteiger partial charge in [0.1, 0.15) is 17.2 Å². The zero-order valence-corrected chi connectivity index (χ0v) is 14.3. The zero-order valence-electron chi connectivity index (χ0n) is 13.5. The minimum Gasteiger partial charge on any atom is -0.512 e. The highest BCUT2D eigenvalue weighted by Gasteiger charge is 2.30. The topological polar surface area (TPSA) is 88.3 Å². The molecule has 0 fully saturated rings. The summed E-state index contributed by atoms with van der Waals surface area (Å²) in [4.78, 5) is 32.0. The molecule has 1 aliphatic heterocycles. The predicted molar refractivity (Wildman–Crippen MR) is 91.8 cm³/mol. The first kappa shape index (κ1) is 17.9. The van der Waals surface area contributed by atoms with Crippen molar-refractivity contribution in [2.24, 2.45) is 9.98 Å². The number of allylic oxidation sites excluding steroid dienone is 1. The van der Waals surface area contributed by atoms with Gasteiger partial charge in [-0.3, -0.25) is 4.79 Å². The van der Waals surface area contributed by atoms with Gasteiger partial charge in [-0.1, -0.05) is 24.3 Å². The number of fused-ring (bicyclic) bond motifs is 1. The first-order chi connectivity index (χ1) is 11.3. The van der Waals surface area contributed by atoms with Gasteiger partial charge in [-0.2, -0.15) is 4.99 Å². The van der Waals surface area contributed by atoms with E-state index in [0.717, 1.165) is 0 Å². The highest BCUT2D eigenvalue weighted by atomic mass is 35.5. The summed E-state index contributed by atoms with van der Waals surface area (Å²) in [6, 6.07) is 6.98. The van der Waals surface area contributed by atoms with Gasteiger partial charge in [-0.25, -0.2) is 9.79 Å². The molecule has 6 nitrogen and oxygen atoms in total. The molecule has 0 spiro atoms. The molecule has 7 heteroatoms. The lowest BCUT2D eigenvalue weighted by Crippen LogP contribution is -2.21. The maximum absolute atomic E-state index is 12.3. The number of amidine groups is 1. The third-order valence-electron chi connectivity index (χ3n) is 3.13. The van der Waals surface area contributed by atoms with Crippen LogP contribution in [0, 0.1) is 0 Å². The number of hydrogen-bond acceptors (Lipinski definition) is 4. The van der Waals surface area contributed by atoms with Crippen LogP contribution >= 0.6 is 11.6 Å². The van der Waals surface area contributed by atoms with Crippen LogP contribution in [0.5, 0.6) is 0 Å². The number of alkyl halides is 1. The molecular weight excluding hydrogens is 332 g/mol. The third-order valence-corrected chi connectivity index (χ3v) is 3.36. The molecule has 24 heavy (non-hydrogen) atoms. The third kappa shape index (κ3) is 3.71. The number of amides is 1. The van der Waals surface area contributed by atoms with Crippen LogP contribution in [0.4, 0.5) is 0 Å². The highest BCUT2D eigenvalue weighted by molar-refractivity contribution is 6.37. The Kier molecular flexibility index (Phi) is 5.51. The fourth-order valence-corrected chi connectivity index (χ4v) is 2.28. The number of halogens is 1. The summed E-state index contributed by atoms with van der Waals surface area (Å²) in [6.45, 7) is 4.79. The number of hydrogen-bond donors (Lipinski definition) is 1. The number of ether oxygens (including phenoxy) is 1. The Labute approximate surface area is 144 Å². The molecular formula is C17H17ClN2O4. The summed E-state index contributed by atoms with van der Waals surface area (Å²) in [5.41, 5.74) is 1.34. The SMILES string of the molecule is CC(O)=C(C(=O)OC(C)C)C1=NC(=NC(=O)CCl)c2ccccc21. The van der Waals surface area contributed by atoms with Gasteiger partial charge in [0.2, 0.25) is 0 Å². The lowest BCUT2D eigenvalue weighted by molar-refractivity contribution is -0.142. The summed E-state index contributed by atoms with van der Waals surface area (Å²) in [6.07, 6.45) is -0.352. The molecule has 0 aromatic heterocycles. The van der Waals surface area contributed by atoms with Crippen molar-refractivity contribution in [3.63, 3.8) is 0 Å². The van der Waals surface area contributed by atoms with Gasteiger partial charge in [-0.15, -0.1) is 11.6 Å². The van der Waals surface area contributed by atoms with E-state index < -0.39 is 11.9 Å². The van der Waals surface area contributed by atoms with E-state index in [9.17, 15) is 14.7 Å². The first-order valence-corrected chi connectivity index (χ1v) is 7.85. The second kappa shape index (κ2) is 7.40. The van der Waals surface area contributed by atoms with E-state index in [1.165, 1.54) is 6.92 Å². The van der Waals surface area contributed by atoms with Crippen molar-refractivity contribution >= 4 is 35.0 Å². The molecule has 1 aliphatic rings. The van der Waals surface area contributed by atoms with Crippen molar-refractivity contribution in [3.05, 3.63) is 46.7 Å². The van der Waals surface area contributed by atoms with E-state index in [1.54, 1.807) is 38.1 Å². The van der Waals surface area contributed by atoms with Crippen LogP contribution in [0.2, 0.25) is 0 Å². The molecule has 0 unspecified atom stereocenters. The van der Waals surface area contributed by atoms with E-state index in [1.807, 2.05) is 0 Å². The number of benzene rings is 1. The van der Waals surface area contributed by atoms with Gasteiger partial charge < -0.3 is 9.84 Å². The van der Waals surface area contributed by atoms with Gasteiger partial charge in [-0.05, 0) is 20.8 Å². The fraction of sp³-hybridized carbons (Fsp3) is 0.294. The molecule has 1 aromatic rings. The van der Waals surface area contributed by atoms with E-state index in [-0.39, 0.29) is 34.9 Å². The average Bonchev–Trinajstić information content (AvgIpc) is 2.85. The molecule has 0 saturated heterocycles. The van der Waals surface area contributed by atoms with Crippen LogP contribution in [0.3, 0.4) is 0 Å². The summed E-state index contributed by atoms with van der Waals surface area (Å²) in [5.74, 6) is -1.57. The number of esters is 1. The molecule has 2 rings (SSSR count). The molecule has 0 bridgehead atoms. The van der Waals surface area contributed by atoms with E-state index in [0.29, 0.717) is 11.1 Å². The Balaban J connectivity index is 2.58. The monoisotopic (exact) mass is 348 g/mol. The maximum atomic E-state index is 12.3. The molecule has 0 aliphatic carbocycles. The fourth-order valence-electron chi connectivity index (χ4n) is 2.22. The molecule has 126 valence electrons. The van der Waals surface area contributed by atoms with Crippen LogP contribution in [-0.4, -0.2) is 40.5 Å².